The Labute approximate surface area is 181 Å². The van der Waals surface area contributed by atoms with E-state index < -0.39 is 10.0 Å². The van der Waals surface area contributed by atoms with Gasteiger partial charge in [0.2, 0.25) is 10.0 Å². The Hall–Kier alpha value is -2.98. The molecule has 0 radical (unpaired) electrons. The molecule has 4 rings (SSSR count). The van der Waals surface area contributed by atoms with E-state index in [9.17, 15) is 13.2 Å². The standard InChI is InChI=1S/C21H25N5O4S/c1-14-19-17(21(27)25-9-11-26(12-10-25)31(4,28)29)13-18(22-20(19)24(2)23-14)15-5-7-16(30-3)8-6-15/h5-8,13H,9-12H2,1-4H3. The number of hydrogen-bond donors (Lipinski definition) is 0. The van der Waals surface area contributed by atoms with Gasteiger partial charge in [-0.25, -0.2) is 13.4 Å². The molecule has 1 aliphatic rings. The second-order valence-corrected chi connectivity index (χ2v) is 9.63. The Kier molecular flexibility index (Phi) is 5.44. The van der Waals surface area contributed by atoms with E-state index in [2.05, 4.69) is 5.10 Å². The lowest BCUT2D eigenvalue weighted by molar-refractivity contribution is 0.0700. The molecule has 1 saturated heterocycles. The van der Waals surface area contributed by atoms with Crippen LogP contribution in [0.2, 0.25) is 0 Å². The van der Waals surface area contributed by atoms with E-state index in [0.717, 1.165) is 22.4 Å². The van der Waals surface area contributed by atoms with Gasteiger partial charge in [-0.1, -0.05) is 0 Å². The summed E-state index contributed by atoms with van der Waals surface area (Å²) >= 11 is 0. The first kappa shape index (κ1) is 21.3. The number of fused-ring (bicyclic) bond motifs is 1. The van der Waals surface area contributed by atoms with Crippen molar-refractivity contribution in [2.24, 2.45) is 7.05 Å². The molecule has 1 aliphatic heterocycles. The molecule has 1 fully saturated rings. The zero-order valence-electron chi connectivity index (χ0n) is 18.0. The minimum absolute atomic E-state index is 0.147. The Bertz CT molecular complexity index is 1240. The lowest BCUT2D eigenvalue weighted by Crippen LogP contribution is -2.50. The fourth-order valence-corrected chi connectivity index (χ4v) is 4.74. The van der Waals surface area contributed by atoms with Gasteiger partial charge in [0.15, 0.2) is 5.65 Å². The highest BCUT2D eigenvalue weighted by molar-refractivity contribution is 7.88. The van der Waals surface area contributed by atoms with Gasteiger partial charge in [0.1, 0.15) is 5.75 Å². The van der Waals surface area contributed by atoms with Crippen LogP contribution in [0, 0.1) is 6.92 Å². The van der Waals surface area contributed by atoms with Crippen LogP contribution in [0.4, 0.5) is 0 Å². The largest absolute Gasteiger partial charge is 0.497 e. The topological polar surface area (TPSA) is 97.6 Å². The SMILES string of the molecule is COc1ccc(-c2cc(C(=O)N3CCN(S(C)(=O)=O)CC3)c3c(C)nn(C)c3n2)cc1. The maximum Gasteiger partial charge on any atom is 0.254 e. The molecule has 0 unspecified atom stereocenters. The predicted octanol–water partition coefficient (Wildman–Crippen LogP) is 1.67. The summed E-state index contributed by atoms with van der Waals surface area (Å²) in [5.74, 6) is 0.590. The first-order chi connectivity index (χ1) is 14.7. The summed E-state index contributed by atoms with van der Waals surface area (Å²) in [6.45, 7) is 3.11. The number of benzene rings is 1. The van der Waals surface area contributed by atoms with Crippen molar-refractivity contribution in [2.45, 2.75) is 6.92 Å². The summed E-state index contributed by atoms with van der Waals surface area (Å²) < 4.78 is 31.9. The number of carbonyl (C=O) groups excluding carboxylic acids is 1. The van der Waals surface area contributed by atoms with E-state index in [1.165, 1.54) is 10.6 Å². The van der Waals surface area contributed by atoms with Crippen molar-refractivity contribution < 1.29 is 17.9 Å². The second-order valence-electron chi connectivity index (χ2n) is 7.65. The quantitative estimate of drug-likeness (QED) is 0.608. The van der Waals surface area contributed by atoms with Crippen molar-refractivity contribution in [1.29, 1.82) is 0 Å². The van der Waals surface area contributed by atoms with Crippen LogP contribution in [-0.4, -0.2) is 77.8 Å². The van der Waals surface area contributed by atoms with Gasteiger partial charge in [-0.2, -0.15) is 9.40 Å². The van der Waals surface area contributed by atoms with Gasteiger partial charge in [0.05, 0.1) is 35.7 Å². The third-order valence-corrected chi connectivity index (χ3v) is 6.88. The summed E-state index contributed by atoms with van der Waals surface area (Å²) in [5.41, 5.74) is 3.40. The average molecular weight is 444 g/mol. The number of carbonyl (C=O) groups is 1. The predicted molar refractivity (Wildman–Crippen MR) is 118 cm³/mol. The molecule has 0 N–H and O–H groups in total. The maximum absolute atomic E-state index is 13.5. The number of ether oxygens (including phenoxy) is 1. The van der Waals surface area contributed by atoms with Gasteiger partial charge < -0.3 is 9.64 Å². The molecule has 164 valence electrons. The number of aromatic nitrogens is 3. The van der Waals surface area contributed by atoms with Gasteiger partial charge in [-0.15, -0.1) is 0 Å². The summed E-state index contributed by atoms with van der Waals surface area (Å²) in [6, 6.07) is 9.29. The first-order valence-electron chi connectivity index (χ1n) is 9.92. The molecule has 31 heavy (non-hydrogen) atoms. The molecule has 0 bridgehead atoms. The number of sulfonamides is 1. The van der Waals surface area contributed by atoms with Crippen LogP contribution in [0.3, 0.4) is 0 Å². The third-order valence-electron chi connectivity index (χ3n) is 5.58. The summed E-state index contributed by atoms with van der Waals surface area (Å²) in [5, 5.41) is 5.18. The van der Waals surface area contributed by atoms with Gasteiger partial charge >= 0.3 is 0 Å². The van der Waals surface area contributed by atoms with E-state index in [1.807, 2.05) is 31.2 Å². The molecule has 3 aromatic rings. The van der Waals surface area contributed by atoms with Gasteiger partial charge in [0, 0.05) is 38.8 Å². The Morgan fingerprint density at radius 1 is 1.10 bits per heavy atom. The Balaban J connectivity index is 1.74. The highest BCUT2D eigenvalue weighted by atomic mass is 32.2. The molecule has 0 atom stereocenters. The minimum Gasteiger partial charge on any atom is -0.497 e. The van der Waals surface area contributed by atoms with Gasteiger partial charge in [-0.05, 0) is 37.3 Å². The first-order valence-corrected chi connectivity index (χ1v) is 11.8. The van der Waals surface area contributed by atoms with Gasteiger partial charge in [-0.3, -0.25) is 9.48 Å². The van der Waals surface area contributed by atoms with Crippen LogP contribution in [-0.2, 0) is 17.1 Å². The van der Waals surface area contributed by atoms with Crippen molar-refractivity contribution in [1.82, 2.24) is 24.0 Å². The monoisotopic (exact) mass is 443 g/mol. The van der Waals surface area contributed by atoms with E-state index in [1.54, 1.807) is 29.8 Å². The smallest absolute Gasteiger partial charge is 0.254 e. The molecule has 3 heterocycles. The molecule has 2 aromatic heterocycles. The van der Waals surface area contributed by atoms with E-state index in [-0.39, 0.29) is 19.0 Å². The molecule has 9 nitrogen and oxygen atoms in total. The van der Waals surface area contributed by atoms with Crippen molar-refractivity contribution in [3.05, 3.63) is 41.6 Å². The number of hydrogen-bond acceptors (Lipinski definition) is 6. The zero-order chi connectivity index (χ0) is 22.3. The van der Waals surface area contributed by atoms with Crippen molar-refractivity contribution in [2.75, 3.05) is 39.5 Å². The molecule has 0 saturated carbocycles. The highest BCUT2D eigenvalue weighted by Gasteiger charge is 2.29. The minimum atomic E-state index is -3.26. The number of aryl methyl sites for hydroxylation is 2. The van der Waals surface area contributed by atoms with E-state index in [0.29, 0.717) is 30.0 Å². The highest BCUT2D eigenvalue weighted by Crippen LogP contribution is 2.29. The lowest BCUT2D eigenvalue weighted by atomic mass is 10.0. The molecular formula is C21H25N5O4S. The average Bonchev–Trinajstić information content (AvgIpc) is 3.05. The van der Waals surface area contributed by atoms with Crippen LogP contribution in [0.25, 0.3) is 22.3 Å². The molecular weight excluding hydrogens is 418 g/mol. The number of pyridine rings is 1. The fourth-order valence-electron chi connectivity index (χ4n) is 3.92. The van der Waals surface area contributed by atoms with Gasteiger partial charge in [0.25, 0.3) is 5.91 Å². The Morgan fingerprint density at radius 3 is 2.32 bits per heavy atom. The normalized spacial score (nSPS) is 15.4. The molecule has 0 spiro atoms. The fraction of sp³-hybridized carbons (Fsp3) is 0.381. The number of amides is 1. The van der Waals surface area contributed by atoms with E-state index in [4.69, 9.17) is 9.72 Å². The zero-order valence-corrected chi connectivity index (χ0v) is 18.8. The van der Waals surface area contributed by atoms with Crippen LogP contribution in [0.5, 0.6) is 5.75 Å². The van der Waals surface area contributed by atoms with Crippen molar-refractivity contribution >= 4 is 27.0 Å². The third kappa shape index (κ3) is 4.00. The summed E-state index contributed by atoms with van der Waals surface area (Å²) in [4.78, 5) is 19.9. The number of piperazine rings is 1. The second kappa shape index (κ2) is 7.93. The lowest BCUT2D eigenvalue weighted by Gasteiger charge is -2.33. The summed E-state index contributed by atoms with van der Waals surface area (Å²) in [6.07, 6.45) is 1.19. The molecule has 10 heteroatoms. The molecule has 1 aromatic carbocycles. The Morgan fingerprint density at radius 2 is 1.74 bits per heavy atom. The van der Waals surface area contributed by atoms with Crippen LogP contribution in [0.15, 0.2) is 30.3 Å². The number of nitrogens with zero attached hydrogens (tertiary/aromatic N) is 5. The van der Waals surface area contributed by atoms with Crippen LogP contribution >= 0.6 is 0 Å². The molecule has 1 amide bonds. The van der Waals surface area contributed by atoms with Crippen molar-refractivity contribution in [3.8, 4) is 17.0 Å². The number of methoxy groups -OCH3 is 1. The van der Waals surface area contributed by atoms with E-state index >= 15 is 0 Å². The summed E-state index contributed by atoms with van der Waals surface area (Å²) in [7, 11) is 0.150. The van der Waals surface area contributed by atoms with Crippen LogP contribution < -0.4 is 4.74 Å². The number of rotatable bonds is 4. The molecule has 0 aliphatic carbocycles. The maximum atomic E-state index is 13.5. The van der Waals surface area contributed by atoms with Crippen LogP contribution in [0.1, 0.15) is 16.1 Å². The van der Waals surface area contributed by atoms with Crippen molar-refractivity contribution in [3.63, 3.8) is 0 Å².